The van der Waals surface area contributed by atoms with Crippen molar-refractivity contribution in [1.29, 1.82) is 0 Å². The molecule has 4 amide bonds. The summed E-state index contributed by atoms with van der Waals surface area (Å²) in [7, 11) is 4.14. The number of aryl methyl sites for hydroxylation is 4. The highest BCUT2D eigenvalue weighted by Gasteiger charge is 2.37. The third-order valence-corrected chi connectivity index (χ3v) is 21.5. The minimum atomic E-state index is -4.69. The molecule has 0 spiro atoms. The highest BCUT2D eigenvalue weighted by molar-refractivity contribution is 6.04. The summed E-state index contributed by atoms with van der Waals surface area (Å²) in [6.45, 7) is 17.5. The van der Waals surface area contributed by atoms with Gasteiger partial charge in [0.25, 0.3) is 23.6 Å². The van der Waals surface area contributed by atoms with Crippen molar-refractivity contribution in [2.75, 3.05) is 122 Å². The minimum absolute atomic E-state index is 0.0231. The number of carbonyl (C=O) groups excluding carboxylic acids is 4. The van der Waals surface area contributed by atoms with Gasteiger partial charge in [0.05, 0.1) is 57.3 Å². The first-order valence-corrected chi connectivity index (χ1v) is 39.3. The maximum Gasteiger partial charge on any atom is 0.416 e. The van der Waals surface area contributed by atoms with Crippen LogP contribution in [-0.2, 0) is 12.7 Å². The molecule has 14 heterocycles. The Morgan fingerprint density at radius 1 is 0.439 bits per heavy atom. The summed E-state index contributed by atoms with van der Waals surface area (Å²) in [5.41, 5.74) is 3.22. The summed E-state index contributed by atoms with van der Waals surface area (Å²) in [4.78, 5) is 113. The number of likely N-dealkylation sites (N-methyl/N-ethyl adjacent to an activating group) is 2. The minimum Gasteiger partial charge on any atom is -0.435 e. The number of alkyl halides is 3. The molecular formula is C84H80F9N23O7. The second-order valence-corrected chi connectivity index (χ2v) is 30.4. The average Bonchev–Trinajstić information content (AvgIpc) is 1.73. The van der Waals surface area contributed by atoms with Crippen molar-refractivity contribution in [2.24, 2.45) is 0 Å². The Hall–Kier alpha value is -13.8. The van der Waals surface area contributed by atoms with E-state index in [4.69, 9.17) is 14.2 Å². The molecule has 30 nitrogen and oxygen atoms in total. The van der Waals surface area contributed by atoms with Crippen molar-refractivity contribution in [3.8, 4) is 40.6 Å². The Morgan fingerprint density at radius 3 is 1.26 bits per heavy atom. The molecule has 5 aliphatic rings. The number of carbonyl (C=O) groups is 4. The number of amides is 4. The Bertz CT molecular complexity index is 6200. The monoisotopic (exact) mass is 1690 g/mol. The van der Waals surface area contributed by atoms with E-state index in [2.05, 4.69) is 97.5 Å². The van der Waals surface area contributed by atoms with Crippen LogP contribution in [0.3, 0.4) is 0 Å². The number of nitrogens with one attached hydrogen (secondary N) is 6. The number of aromatic nitrogens is 13. The van der Waals surface area contributed by atoms with E-state index in [0.717, 1.165) is 114 Å². The first-order chi connectivity index (χ1) is 59.1. The number of hydrogen-bond donors (Lipinski definition) is 6. The van der Waals surface area contributed by atoms with Gasteiger partial charge in [-0.2, -0.15) is 13.2 Å². The van der Waals surface area contributed by atoms with E-state index < -0.39 is 75.8 Å². The van der Waals surface area contributed by atoms with E-state index in [-0.39, 0.29) is 108 Å². The highest BCUT2D eigenvalue weighted by Crippen LogP contribution is 2.42. The van der Waals surface area contributed by atoms with Gasteiger partial charge in [0.1, 0.15) is 41.5 Å². The van der Waals surface area contributed by atoms with Crippen LogP contribution in [0, 0.1) is 62.6 Å². The SMILES string of the molecule is Cc1cc2c(F)c(Oc3ncnc(Nc4ccc(C(=O)N5CCN(C)CC5)cn4)c3C(=O)N3CCC3)cc(F)c2[nH]1.Cc1cc2c(F)c(Oc3ncnc(Nc4ccc(CN5CCN(C)CC5)nc4)c3C(=O)N3CCC3)cc(F)c2[nH]1.Cc1cn(-c2cc(Nc3ncnc(Oc4cc(F)c5[nH]c(C)cc5c4F)c3C(=O)N3CCC3)cc(C(F)(F)F)c2)cn1. The van der Waals surface area contributed by atoms with Gasteiger partial charge in [-0.05, 0) is 122 Å². The van der Waals surface area contributed by atoms with E-state index in [1.54, 1.807) is 66.9 Å². The largest absolute Gasteiger partial charge is 0.435 e. The van der Waals surface area contributed by atoms with Gasteiger partial charge in [-0.15, -0.1) is 0 Å². The van der Waals surface area contributed by atoms with Gasteiger partial charge in [0, 0.05) is 173 Å². The van der Waals surface area contributed by atoms with Gasteiger partial charge >= 0.3 is 6.18 Å². The summed E-state index contributed by atoms with van der Waals surface area (Å²) in [5.74, 6) is -7.76. The standard InChI is InChI=1S/C28H22F5N7O2.C28H28F2N8O3.C28H30F2N8O2/c1-14-6-19-23(30)21(10-20(29)24(19)37-14)42-26-22(27(41)39-4-3-5-39)25(34-12-35-26)38-17-7-16(28(31,32)33)8-18(9-17)40-11-15(2)36-13-40;1-16-12-18-23(30)20(13-19(29)24(18)34-16)41-26-22(28(40)37-6-3-7-37)25(32-15-33-26)35-21-5-4-17(14-31-21)27(39)38-10-8-36(2)9-11-38;1-17-12-20-24(30)22(13-21(29)25(20)34-17)40-27-23(28(39)38-6-3-7-38)26(32-16-33-27)35-18-4-5-19(31-14-18)15-37-10-8-36(2)9-11-37/h6-13,37H,3-5H2,1-2H3,(H,34,35,38);4-5,12-15,34H,3,6-11H2,1-2H3,(H,31,32,33,35);4-5,12-14,16,34H,3,6-11,15H2,1-2H3,(H,32,33,35). The number of piperazine rings is 2. The predicted molar refractivity (Wildman–Crippen MR) is 435 cm³/mol. The smallest absolute Gasteiger partial charge is 0.416 e. The summed E-state index contributed by atoms with van der Waals surface area (Å²) in [6.07, 6.45) is 7.23. The average molecular weight is 1690 g/mol. The number of H-pyrrole nitrogens is 3. The first-order valence-electron chi connectivity index (χ1n) is 39.3. The number of aromatic amines is 3. The third kappa shape index (κ3) is 17.9. The molecule has 0 unspecified atom stereocenters. The number of halogens is 9. The van der Waals surface area contributed by atoms with Gasteiger partial charge in [0.15, 0.2) is 69.6 Å². The van der Waals surface area contributed by atoms with Gasteiger partial charge in [-0.3, -0.25) is 29.1 Å². The second kappa shape index (κ2) is 34.7. The molecule has 5 fully saturated rings. The fourth-order valence-electron chi connectivity index (χ4n) is 14.3. The zero-order chi connectivity index (χ0) is 86.2. The molecule has 5 aliphatic heterocycles. The Labute approximate surface area is 695 Å². The maximum atomic E-state index is 15.3. The predicted octanol–water partition coefficient (Wildman–Crippen LogP) is 14.2. The Morgan fingerprint density at radius 2 is 0.870 bits per heavy atom. The molecular weight excluding hydrogens is 1610 g/mol. The number of fused-ring (bicyclic) bond motifs is 3. The Kier molecular flexibility index (Phi) is 23.4. The molecule has 123 heavy (non-hydrogen) atoms. The fraction of sp³-hybridized carbons (Fsp3) is 0.298. The van der Waals surface area contributed by atoms with E-state index in [0.29, 0.717) is 92.2 Å². The van der Waals surface area contributed by atoms with Gasteiger partial charge < -0.3 is 79.1 Å². The highest BCUT2D eigenvalue weighted by atomic mass is 19.4. The molecule has 9 aromatic heterocycles. The van der Waals surface area contributed by atoms with Crippen LogP contribution in [0.15, 0.2) is 123 Å². The molecule has 0 bridgehead atoms. The van der Waals surface area contributed by atoms with Crippen LogP contribution in [0.5, 0.6) is 34.9 Å². The number of benzene rings is 4. The zero-order valence-electron chi connectivity index (χ0n) is 67.1. The van der Waals surface area contributed by atoms with Gasteiger partial charge in [-0.25, -0.2) is 66.2 Å². The summed E-state index contributed by atoms with van der Waals surface area (Å²) in [6, 6.07) is 17.4. The lowest BCUT2D eigenvalue weighted by Crippen LogP contribution is -2.47. The normalized spacial score (nSPS) is 15.0. The molecule has 4 aromatic carbocycles. The molecule has 13 aromatic rings. The van der Waals surface area contributed by atoms with Crippen molar-refractivity contribution in [3.63, 3.8) is 0 Å². The van der Waals surface area contributed by atoms with Crippen LogP contribution in [0.4, 0.5) is 74.2 Å². The molecule has 0 atom stereocenters. The van der Waals surface area contributed by atoms with Crippen molar-refractivity contribution < 1.29 is 72.9 Å². The molecule has 0 aliphatic carbocycles. The molecule has 39 heteroatoms. The number of anilines is 6. The van der Waals surface area contributed by atoms with E-state index >= 15 is 13.2 Å². The third-order valence-electron chi connectivity index (χ3n) is 21.5. The quantitative estimate of drug-likeness (QED) is 0.0410. The lowest BCUT2D eigenvalue weighted by atomic mass is 10.1. The van der Waals surface area contributed by atoms with Crippen LogP contribution in [0.25, 0.3) is 38.4 Å². The van der Waals surface area contributed by atoms with Crippen molar-refractivity contribution in [1.82, 2.24) is 98.7 Å². The number of likely N-dealkylation sites (tertiary alicyclic amines) is 3. The van der Waals surface area contributed by atoms with Crippen LogP contribution in [0.1, 0.15) is 94.7 Å². The fourth-order valence-corrected chi connectivity index (χ4v) is 14.3. The number of nitrogens with zero attached hydrogens (tertiary/aromatic N) is 17. The Balaban J connectivity index is 0.000000137. The van der Waals surface area contributed by atoms with Crippen LogP contribution in [-0.4, -0.2) is 228 Å². The van der Waals surface area contributed by atoms with E-state index in [1.165, 1.54) is 52.6 Å². The summed E-state index contributed by atoms with van der Waals surface area (Å²) >= 11 is 0. The molecule has 636 valence electrons. The van der Waals surface area contributed by atoms with Crippen molar-refractivity contribution in [2.45, 2.75) is 59.7 Å². The lowest BCUT2D eigenvalue weighted by Gasteiger charge is -2.32. The van der Waals surface area contributed by atoms with Crippen LogP contribution < -0.4 is 30.2 Å². The zero-order valence-corrected chi connectivity index (χ0v) is 67.1. The first kappa shape index (κ1) is 82.9. The molecule has 18 rings (SSSR count). The second-order valence-electron chi connectivity index (χ2n) is 30.4. The molecule has 5 saturated heterocycles. The number of pyridine rings is 2. The number of imidazole rings is 1. The number of hydrogen-bond acceptors (Lipinski definition) is 22. The van der Waals surface area contributed by atoms with Crippen molar-refractivity contribution >= 4 is 91.0 Å². The van der Waals surface area contributed by atoms with Crippen molar-refractivity contribution in [3.05, 3.63) is 214 Å². The van der Waals surface area contributed by atoms with Crippen LogP contribution in [0.2, 0.25) is 0 Å². The maximum absolute atomic E-state index is 15.3. The lowest BCUT2D eigenvalue weighted by molar-refractivity contribution is -0.137. The summed E-state index contributed by atoms with van der Waals surface area (Å²) < 4.78 is 150. The summed E-state index contributed by atoms with van der Waals surface area (Å²) in [5, 5.41) is 8.95. The molecule has 0 saturated carbocycles. The van der Waals surface area contributed by atoms with Crippen LogP contribution >= 0.6 is 0 Å². The van der Waals surface area contributed by atoms with Gasteiger partial charge in [0.2, 0.25) is 17.6 Å². The number of rotatable bonds is 19. The van der Waals surface area contributed by atoms with E-state index in [9.17, 15) is 45.5 Å². The van der Waals surface area contributed by atoms with E-state index in [1.807, 2.05) is 19.2 Å². The molecule has 6 N–H and O–H groups in total. The van der Waals surface area contributed by atoms with Gasteiger partial charge in [-0.1, -0.05) is 0 Å². The number of ether oxygens (including phenoxy) is 3. The molecule has 0 radical (unpaired) electrons. The topological polar surface area (TPSA) is 323 Å².